The molecule has 1 amide bonds. The van der Waals surface area contributed by atoms with Crippen LogP contribution in [-0.2, 0) is 20.9 Å². The molecule has 5 heteroatoms. The van der Waals surface area contributed by atoms with Crippen LogP contribution < -0.4 is 5.32 Å². The molecule has 2 atom stereocenters. The standard InChI is InChI=1S/C24H30N2O3/c1-18(2)23(20-12-7-4-8-13-20)29-22(27)17-26-15-9-14-21(26)24(28)25-16-19-10-5-3-6-11-19/h3-8,10-13,18,21,23H,9,14-17H2,1-2H3,(H,25,28)/t21-,23+/m0/s1. The Kier molecular flexibility index (Phi) is 7.42. The van der Waals surface area contributed by atoms with Crippen LogP contribution >= 0.6 is 0 Å². The van der Waals surface area contributed by atoms with E-state index >= 15 is 0 Å². The topological polar surface area (TPSA) is 58.6 Å². The number of benzene rings is 2. The van der Waals surface area contributed by atoms with E-state index in [1.165, 1.54) is 0 Å². The van der Waals surface area contributed by atoms with Gasteiger partial charge >= 0.3 is 5.97 Å². The van der Waals surface area contributed by atoms with Crippen LogP contribution in [-0.4, -0.2) is 35.9 Å². The largest absolute Gasteiger partial charge is 0.456 e. The predicted molar refractivity (Wildman–Crippen MR) is 113 cm³/mol. The van der Waals surface area contributed by atoms with E-state index < -0.39 is 0 Å². The number of hydrogen-bond donors (Lipinski definition) is 1. The Labute approximate surface area is 173 Å². The first-order valence-corrected chi connectivity index (χ1v) is 10.3. The minimum atomic E-state index is -0.282. The molecule has 1 fully saturated rings. The summed E-state index contributed by atoms with van der Waals surface area (Å²) in [5.41, 5.74) is 2.06. The summed E-state index contributed by atoms with van der Waals surface area (Å²) in [6, 6.07) is 19.4. The molecular weight excluding hydrogens is 364 g/mol. The first kappa shape index (κ1) is 21.1. The fraction of sp³-hybridized carbons (Fsp3) is 0.417. The molecule has 2 aromatic carbocycles. The summed E-state index contributed by atoms with van der Waals surface area (Å²) in [5, 5.41) is 3.00. The third-order valence-electron chi connectivity index (χ3n) is 5.30. The number of hydrogen-bond acceptors (Lipinski definition) is 4. The lowest BCUT2D eigenvalue weighted by Crippen LogP contribution is -2.45. The maximum absolute atomic E-state index is 12.7. The van der Waals surface area contributed by atoms with Gasteiger partial charge in [-0.2, -0.15) is 0 Å². The lowest BCUT2D eigenvalue weighted by atomic mass is 9.99. The van der Waals surface area contributed by atoms with Crippen molar-refractivity contribution in [2.24, 2.45) is 5.92 Å². The Balaban J connectivity index is 1.55. The monoisotopic (exact) mass is 394 g/mol. The van der Waals surface area contributed by atoms with Crippen molar-refractivity contribution in [1.82, 2.24) is 10.2 Å². The van der Waals surface area contributed by atoms with Gasteiger partial charge < -0.3 is 10.1 Å². The van der Waals surface area contributed by atoms with Crippen LogP contribution in [0.25, 0.3) is 0 Å². The first-order chi connectivity index (χ1) is 14.0. The smallest absolute Gasteiger partial charge is 0.320 e. The molecule has 5 nitrogen and oxygen atoms in total. The van der Waals surface area contributed by atoms with Crippen molar-refractivity contribution in [3.8, 4) is 0 Å². The molecule has 0 aliphatic carbocycles. The number of rotatable bonds is 8. The van der Waals surface area contributed by atoms with E-state index in [1.807, 2.05) is 79.4 Å². The second-order valence-corrected chi connectivity index (χ2v) is 7.90. The Morgan fingerprint density at radius 1 is 1.07 bits per heavy atom. The summed E-state index contributed by atoms with van der Waals surface area (Å²) in [6.07, 6.45) is 1.39. The Hall–Kier alpha value is -2.66. The minimum Gasteiger partial charge on any atom is -0.456 e. The highest BCUT2D eigenvalue weighted by Crippen LogP contribution is 2.26. The van der Waals surface area contributed by atoms with Crippen molar-refractivity contribution >= 4 is 11.9 Å². The third-order valence-corrected chi connectivity index (χ3v) is 5.30. The quantitative estimate of drug-likeness (QED) is 0.694. The average Bonchev–Trinajstić information content (AvgIpc) is 3.19. The highest BCUT2D eigenvalue weighted by atomic mass is 16.5. The zero-order valence-corrected chi connectivity index (χ0v) is 17.2. The Morgan fingerprint density at radius 2 is 1.72 bits per heavy atom. The van der Waals surface area contributed by atoms with Crippen molar-refractivity contribution in [1.29, 1.82) is 0 Å². The van der Waals surface area contributed by atoms with E-state index in [0.29, 0.717) is 6.54 Å². The molecule has 1 heterocycles. The molecule has 29 heavy (non-hydrogen) atoms. The van der Waals surface area contributed by atoms with Gasteiger partial charge in [-0.1, -0.05) is 74.5 Å². The molecule has 3 rings (SSSR count). The van der Waals surface area contributed by atoms with Crippen molar-refractivity contribution in [2.45, 2.75) is 45.4 Å². The molecule has 1 N–H and O–H groups in total. The normalized spacial score (nSPS) is 17.8. The fourth-order valence-electron chi connectivity index (χ4n) is 3.79. The van der Waals surface area contributed by atoms with Gasteiger partial charge in [0.15, 0.2) is 0 Å². The number of ether oxygens (including phenoxy) is 1. The molecule has 0 spiro atoms. The van der Waals surface area contributed by atoms with Crippen LogP contribution in [0.3, 0.4) is 0 Å². The summed E-state index contributed by atoms with van der Waals surface area (Å²) in [6.45, 7) is 5.45. The second kappa shape index (κ2) is 10.2. The van der Waals surface area contributed by atoms with Crippen LogP contribution in [0.15, 0.2) is 60.7 Å². The number of nitrogens with one attached hydrogen (secondary N) is 1. The van der Waals surface area contributed by atoms with Gasteiger partial charge in [-0.25, -0.2) is 0 Å². The van der Waals surface area contributed by atoms with Gasteiger partial charge in [-0.3, -0.25) is 14.5 Å². The van der Waals surface area contributed by atoms with Crippen LogP contribution in [0.4, 0.5) is 0 Å². The number of likely N-dealkylation sites (tertiary alicyclic amines) is 1. The van der Waals surface area contributed by atoms with Crippen molar-refractivity contribution in [2.75, 3.05) is 13.1 Å². The molecule has 1 aliphatic rings. The van der Waals surface area contributed by atoms with E-state index in [-0.39, 0.29) is 36.5 Å². The van der Waals surface area contributed by atoms with E-state index in [0.717, 1.165) is 30.5 Å². The van der Waals surface area contributed by atoms with Crippen LogP contribution in [0, 0.1) is 5.92 Å². The number of carbonyl (C=O) groups excluding carboxylic acids is 2. The SMILES string of the molecule is CC(C)[C@@H](OC(=O)CN1CCC[C@H]1C(=O)NCc1ccccc1)c1ccccc1. The highest BCUT2D eigenvalue weighted by Gasteiger charge is 2.33. The first-order valence-electron chi connectivity index (χ1n) is 10.3. The van der Waals surface area contributed by atoms with E-state index in [1.54, 1.807) is 0 Å². The summed E-state index contributed by atoms with van der Waals surface area (Å²) < 4.78 is 5.80. The molecule has 154 valence electrons. The fourth-order valence-corrected chi connectivity index (χ4v) is 3.79. The predicted octanol–water partition coefficient (Wildman–Crippen LogP) is 3.71. The molecule has 1 aliphatic heterocycles. The van der Waals surface area contributed by atoms with Gasteiger partial charge in [0.1, 0.15) is 6.10 Å². The van der Waals surface area contributed by atoms with Crippen molar-refractivity contribution in [3.05, 3.63) is 71.8 Å². The zero-order chi connectivity index (χ0) is 20.6. The van der Waals surface area contributed by atoms with E-state index in [9.17, 15) is 9.59 Å². The van der Waals surface area contributed by atoms with Gasteiger partial charge in [0.2, 0.25) is 5.91 Å². The number of carbonyl (C=O) groups is 2. The Bertz CT molecular complexity index is 792. The molecule has 2 aromatic rings. The second-order valence-electron chi connectivity index (χ2n) is 7.90. The average molecular weight is 395 g/mol. The van der Waals surface area contributed by atoms with Crippen LogP contribution in [0.1, 0.15) is 43.9 Å². The molecule has 1 saturated heterocycles. The third kappa shape index (κ3) is 5.91. The number of nitrogens with zero attached hydrogens (tertiary/aromatic N) is 1. The van der Waals surface area contributed by atoms with Crippen molar-refractivity contribution in [3.63, 3.8) is 0 Å². The Morgan fingerprint density at radius 3 is 2.38 bits per heavy atom. The summed E-state index contributed by atoms with van der Waals surface area (Å²) in [4.78, 5) is 27.2. The van der Waals surface area contributed by atoms with Gasteiger partial charge in [-0.05, 0) is 36.4 Å². The molecule has 0 bridgehead atoms. The summed E-state index contributed by atoms with van der Waals surface area (Å²) in [7, 11) is 0. The van der Waals surface area contributed by atoms with Crippen molar-refractivity contribution < 1.29 is 14.3 Å². The maximum atomic E-state index is 12.7. The summed E-state index contributed by atoms with van der Waals surface area (Å²) in [5.74, 6) is -0.136. The lowest BCUT2D eigenvalue weighted by Gasteiger charge is -2.26. The molecule has 0 aromatic heterocycles. The zero-order valence-electron chi connectivity index (χ0n) is 17.2. The van der Waals surface area contributed by atoms with Gasteiger partial charge in [-0.15, -0.1) is 0 Å². The summed E-state index contributed by atoms with van der Waals surface area (Å²) >= 11 is 0. The maximum Gasteiger partial charge on any atom is 0.320 e. The lowest BCUT2D eigenvalue weighted by molar-refractivity contribution is -0.153. The number of amides is 1. The van der Waals surface area contributed by atoms with E-state index in [2.05, 4.69) is 5.32 Å². The van der Waals surface area contributed by atoms with Gasteiger partial charge in [0.05, 0.1) is 12.6 Å². The molecular formula is C24H30N2O3. The van der Waals surface area contributed by atoms with Crippen LogP contribution in [0.5, 0.6) is 0 Å². The molecule has 0 unspecified atom stereocenters. The van der Waals surface area contributed by atoms with Gasteiger partial charge in [0, 0.05) is 6.54 Å². The molecule has 0 radical (unpaired) electrons. The molecule has 0 saturated carbocycles. The number of esters is 1. The van der Waals surface area contributed by atoms with Gasteiger partial charge in [0.25, 0.3) is 0 Å². The van der Waals surface area contributed by atoms with Crippen LogP contribution in [0.2, 0.25) is 0 Å². The van der Waals surface area contributed by atoms with E-state index in [4.69, 9.17) is 4.74 Å². The highest BCUT2D eigenvalue weighted by molar-refractivity contribution is 5.83. The minimum absolute atomic E-state index is 0.0253.